The molecule has 0 aliphatic carbocycles. The third-order valence-electron chi connectivity index (χ3n) is 3.15. The zero-order chi connectivity index (χ0) is 10.1. The molecule has 1 unspecified atom stereocenters. The lowest BCUT2D eigenvalue weighted by Crippen LogP contribution is -2.18. The molecule has 0 amide bonds. The zero-order valence-electron chi connectivity index (χ0n) is 9.25. The fourth-order valence-electron chi connectivity index (χ4n) is 2.35. The van der Waals surface area contributed by atoms with Gasteiger partial charge in [-0.15, -0.1) is 0 Å². The van der Waals surface area contributed by atoms with Gasteiger partial charge in [0.1, 0.15) is 0 Å². The lowest BCUT2D eigenvalue weighted by atomic mass is 10.0. The second-order valence-corrected chi connectivity index (χ2v) is 4.27. The van der Waals surface area contributed by atoms with Crippen LogP contribution < -0.4 is 0 Å². The summed E-state index contributed by atoms with van der Waals surface area (Å²) in [6.45, 7) is 5.39. The summed E-state index contributed by atoms with van der Waals surface area (Å²) in [6, 6.07) is 4.96. The first-order valence-electron chi connectivity index (χ1n) is 5.33. The first-order valence-corrected chi connectivity index (χ1v) is 5.33. The number of rotatable bonds is 1. The molecule has 0 saturated carbocycles. The van der Waals surface area contributed by atoms with Crippen LogP contribution >= 0.6 is 0 Å². The minimum atomic E-state index is 0.600. The van der Waals surface area contributed by atoms with Crippen molar-refractivity contribution in [3.63, 3.8) is 0 Å². The Labute approximate surface area is 86.0 Å². The third kappa shape index (κ3) is 1.67. The summed E-state index contributed by atoms with van der Waals surface area (Å²) < 4.78 is 0. The number of pyridine rings is 1. The Balaban J connectivity index is 2.31. The fourth-order valence-corrected chi connectivity index (χ4v) is 2.35. The first kappa shape index (κ1) is 9.66. The maximum Gasteiger partial charge on any atom is 0.0423 e. The van der Waals surface area contributed by atoms with Crippen molar-refractivity contribution in [3.05, 3.63) is 29.1 Å². The molecule has 1 aliphatic heterocycles. The molecule has 1 aromatic heterocycles. The van der Waals surface area contributed by atoms with Crippen molar-refractivity contribution < 1.29 is 0 Å². The maximum absolute atomic E-state index is 4.53. The number of hydrogen-bond acceptors (Lipinski definition) is 2. The molecule has 76 valence electrons. The second kappa shape index (κ2) is 3.70. The molecule has 1 aliphatic rings. The van der Waals surface area contributed by atoms with Gasteiger partial charge in [0, 0.05) is 17.4 Å². The van der Waals surface area contributed by atoms with Gasteiger partial charge in [-0.05, 0) is 51.9 Å². The SMILES string of the molecule is Cc1ccc(C2CCCN2C)c(C)n1. The molecule has 2 heteroatoms. The molecular formula is C12H18N2. The summed E-state index contributed by atoms with van der Waals surface area (Å²) in [5.74, 6) is 0. The van der Waals surface area contributed by atoms with Gasteiger partial charge in [-0.2, -0.15) is 0 Å². The molecule has 0 bridgehead atoms. The van der Waals surface area contributed by atoms with Gasteiger partial charge in [0.15, 0.2) is 0 Å². The Bertz CT molecular complexity index is 333. The molecule has 1 saturated heterocycles. The number of likely N-dealkylation sites (tertiary alicyclic amines) is 1. The molecule has 0 radical (unpaired) electrons. The highest BCUT2D eigenvalue weighted by Gasteiger charge is 2.23. The van der Waals surface area contributed by atoms with Crippen molar-refractivity contribution in [2.24, 2.45) is 0 Å². The van der Waals surface area contributed by atoms with Crippen LogP contribution in [0.5, 0.6) is 0 Å². The van der Waals surface area contributed by atoms with E-state index < -0.39 is 0 Å². The number of nitrogens with zero attached hydrogens (tertiary/aromatic N) is 2. The van der Waals surface area contributed by atoms with Crippen LogP contribution in [0.1, 0.15) is 35.8 Å². The van der Waals surface area contributed by atoms with Gasteiger partial charge in [-0.1, -0.05) is 6.07 Å². The van der Waals surface area contributed by atoms with Crippen molar-refractivity contribution >= 4 is 0 Å². The van der Waals surface area contributed by atoms with Gasteiger partial charge in [0.2, 0.25) is 0 Å². The van der Waals surface area contributed by atoms with E-state index in [9.17, 15) is 0 Å². The highest BCUT2D eigenvalue weighted by atomic mass is 15.1. The highest BCUT2D eigenvalue weighted by molar-refractivity contribution is 5.25. The Hall–Kier alpha value is -0.890. The van der Waals surface area contributed by atoms with E-state index in [0.29, 0.717) is 6.04 Å². The lowest BCUT2D eigenvalue weighted by molar-refractivity contribution is 0.316. The van der Waals surface area contributed by atoms with Gasteiger partial charge in [0.25, 0.3) is 0 Å². The number of aryl methyl sites for hydroxylation is 2. The maximum atomic E-state index is 4.53. The quantitative estimate of drug-likeness (QED) is 0.676. The van der Waals surface area contributed by atoms with Crippen molar-refractivity contribution in [2.75, 3.05) is 13.6 Å². The van der Waals surface area contributed by atoms with Crippen molar-refractivity contribution in [1.82, 2.24) is 9.88 Å². The molecular weight excluding hydrogens is 172 g/mol. The van der Waals surface area contributed by atoms with Gasteiger partial charge in [-0.25, -0.2) is 0 Å². The molecule has 0 spiro atoms. The van der Waals surface area contributed by atoms with Crippen molar-refractivity contribution in [1.29, 1.82) is 0 Å². The van der Waals surface area contributed by atoms with Crippen molar-refractivity contribution in [3.8, 4) is 0 Å². The summed E-state index contributed by atoms with van der Waals surface area (Å²) in [4.78, 5) is 6.96. The summed E-state index contributed by atoms with van der Waals surface area (Å²) in [5, 5.41) is 0. The molecule has 1 fully saturated rings. The Morgan fingerprint density at radius 3 is 2.71 bits per heavy atom. The van der Waals surface area contributed by atoms with E-state index in [1.54, 1.807) is 0 Å². The largest absolute Gasteiger partial charge is 0.299 e. The predicted octanol–water partition coefficient (Wildman–Crippen LogP) is 2.47. The molecule has 2 nitrogen and oxygen atoms in total. The summed E-state index contributed by atoms with van der Waals surface area (Å²) in [6.07, 6.45) is 2.59. The van der Waals surface area contributed by atoms with E-state index in [-0.39, 0.29) is 0 Å². The molecule has 1 aromatic rings. The third-order valence-corrected chi connectivity index (χ3v) is 3.15. The predicted molar refractivity (Wildman–Crippen MR) is 58.3 cm³/mol. The van der Waals surface area contributed by atoms with Crippen LogP contribution in [0.25, 0.3) is 0 Å². The van der Waals surface area contributed by atoms with Gasteiger partial charge in [0.05, 0.1) is 0 Å². The molecule has 1 atom stereocenters. The van der Waals surface area contributed by atoms with Crippen LogP contribution in [0.4, 0.5) is 0 Å². The molecule has 14 heavy (non-hydrogen) atoms. The smallest absolute Gasteiger partial charge is 0.0423 e. The van der Waals surface area contributed by atoms with Crippen molar-refractivity contribution in [2.45, 2.75) is 32.7 Å². The van der Waals surface area contributed by atoms with Crippen LogP contribution in [0.2, 0.25) is 0 Å². The zero-order valence-corrected chi connectivity index (χ0v) is 9.25. The van der Waals surface area contributed by atoms with Crippen LogP contribution in [0.15, 0.2) is 12.1 Å². The topological polar surface area (TPSA) is 16.1 Å². The van der Waals surface area contributed by atoms with Gasteiger partial charge in [-0.3, -0.25) is 9.88 Å². The standard InChI is InChI=1S/C12H18N2/c1-9-6-7-11(10(2)13-9)12-5-4-8-14(12)3/h6-7,12H,4-5,8H2,1-3H3. The van der Waals surface area contributed by atoms with E-state index >= 15 is 0 Å². The summed E-state index contributed by atoms with van der Waals surface area (Å²) in [7, 11) is 2.21. The van der Waals surface area contributed by atoms with E-state index in [1.807, 2.05) is 0 Å². The summed E-state index contributed by atoms with van der Waals surface area (Å²) in [5.41, 5.74) is 3.73. The Morgan fingerprint density at radius 2 is 2.14 bits per heavy atom. The second-order valence-electron chi connectivity index (χ2n) is 4.27. The fraction of sp³-hybridized carbons (Fsp3) is 0.583. The minimum absolute atomic E-state index is 0.600. The van der Waals surface area contributed by atoms with Crippen LogP contribution in [0.3, 0.4) is 0 Å². The summed E-state index contributed by atoms with van der Waals surface area (Å²) >= 11 is 0. The Morgan fingerprint density at radius 1 is 1.36 bits per heavy atom. The average Bonchev–Trinajstić information content (AvgIpc) is 2.52. The lowest BCUT2D eigenvalue weighted by Gasteiger charge is -2.21. The number of aromatic nitrogens is 1. The first-order chi connectivity index (χ1) is 6.68. The Kier molecular flexibility index (Phi) is 2.55. The molecule has 2 heterocycles. The minimum Gasteiger partial charge on any atom is -0.299 e. The van der Waals surface area contributed by atoms with E-state index in [4.69, 9.17) is 0 Å². The molecule has 0 N–H and O–H groups in total. The average molecular weight is 190 g/mol. The van der Waals surface area contributed by atoms with Crippen LogP contribution in [0, 0.1) is 13.8 Å². The van der Waals surface area contributed by atoms with Crippen LogP contribution in [-0.4, -0.2) is 23.5 Å². The van der Waals surface area contributed by atoms with Crippen LogP contribution in [-0.2, 0) is 0 Å². The van der Waals surface area contributed by atoms with Gasteiger partial charge < -0.3 is 0 Å². The van der Waals surface area contributed by atoms with Gasteiger partial charge >= 0.3 is 0 Å². The highest BCUT2D eigenvalue weighted by Crippen LogP contribution is 2.31. The van der Waals surface area contributed by atoms with E-state index in [1.165, 1.54) is 30.6 Å². The molecule has 2 rings (SSSR count). The number of hydrogen-bond donors (Lipinski definition) is 0. The monoisotopic (exact) mass is 190 g/mol. The molecule has 0 aromatic carbocycles. The van der Waals surface area contributed by atoms with E-state index in [2.05, 4.69) is 42.9 Å². The normalized spacial score (nSPS) is 22.9. The van der Waals surface area contributed by atoms with E-state index in [0.717, 1.165) is 5.69 Å².